The molecule has 0 bridgehead atoms. The van der Waals surface area contributed by atoms with Crippen LogP contribution in [0.2, 0.25) is 0 Å². The van der Waals surface area contributed by atoms with E-state index in [0.29, 0.717) is 12.2 Å². The van der Waals surface area contributed by atoms with E-state index in [2.05, 4.69) is 12.2 Å². The van der Waals surface area contributed by atoms with Crippen LogP contribution in [0.15, 0.2) is 24.3 Å². The third kappa shape index (κ3) is 4.86. The summed E-state index contributed by atoms with van der Waals surface area (Å²) < 4.78 is 5.47. The van der Waals surface area contributed by atoms with E-state index in [1.807, 2.05) is 0 Å². The van der Waals surface area contributed by atoms with E-state index in [9.17, 15) is 9.59 Å². The minimum absolute atomic E-state index is 0.159. The van der Waals surface area contributed by atoms with Crippen molar-refractivity contribution >= 4 is 11.8 Å². The molecule has 3 N–H and O–H groups in total. The van der Waals surface area contributed by atoms with Gasteiger partial charge in [0.15, 0.2) is 0 Å². The zero-order valence-electron chi connectivity index (χ0n) is 10.4. The fourth-order valence-electron chi connectivity index (χ4n) is 1.31. The van der Waals surface area contributed by atoms with Gasteiger partial charge in [0, 0.05) is 5.56 Å². The van der Waals surface area contributed by atoms with E-state index in [-0.39, 0.29) is 12.5 Å². The van der Waals surface area contributed by atoms with E-state index >= 15 is 0 Å². The lowest BCUT2D eigenvalue weighted by atomic mass is 10.2. The number of rotatable bonds is 7. The lowest BCUT2D eigenvalue weighted by Gasteiger charge is -2.06. The molecule has 0 aliphatic carbocycles. The van der Waals surface area contributed by atoms with Crippen molar-refractivity contribution in [3.05, 3.63) is 29.8 Å². The molecular formula is C13H18N2O3. The van der Waals surface area contributed by atoms with Crippen molar-refractivity contribution < 1.29 is 14.3 Å². The van der Waals surface area contributed by atoms with Crippen LogP contribution in [0.4, 0.5) is 0 Å². The van der Waals surface area contributed by atoms with E-state index in [1.54, 1.807) is 24.3 Å². The molecule has 0 fully saturated rings. The number of hydrogen-bond acceptors (Lipinski definition) is 3. The van der Waals surface area contributed by atoms with Crippen LogP contribution in [0.3, 0.4) is 0 Å². The monoisotopic (exact) mass is 250 g/mol. The Bertz CT molecular complexity index is 401. The first kappa shape index (κ1) is 14.0. The molecule has 0 aromatic heterocycles. The molecule has 0 spiro atoms. The summed E-state index contributed by atoms with van der Waals surface area (Å²) in [6.45, 7) is 2.60. The summed E-state index contributed by atoms with van der Waals surface area (Å²) in [5.41, 5.74) is 5.41. The van der Waals surface area contributed by atoms with E-state index in [4.69, 9.17) is 10.5 Å². The number of benzene rings is 1. The van der Waals surface area contributed by atoms with Crippen LogP contribution in [-0.4, -0.2) is 25.0 Å². The zero-order valence-corrected chi connectivity index (χ0v) is 10.4. The molecule has 0 unspecified atom stereocenters. The first-order chi connectivity index (χ1) is 8.63. The molecule has 1 aromatic carbocycles. The van der Waals surface area contributed by atoms with Gasteiger partial charge in [-0.05, 0) is 30.7 Å². The van der Waals surface area contributed by atoms with Gasteiger partial charge in [0.2, 0.25) is 5.91 Å². The highest BCUT2D eigenvalue weighted by Crippen LogP contribution is 2.12. The van der Waals surface area contributed by atoms with Gasteiger partial charge in [-0.25, -0.2) is 0 Å². The molecule has 0 heterocycles. The average molecular weight is 250 g/mol. The summed E-state index contributed by atoms with van der Waals surface area (Å²) in [6.07, 6.45) is 2.08. The molecule has 0 atom stereocenters. The van der Waals surface area contributed by atoms with Crippen molar-refractivity contribution in [2.75, 3.05) is 13.2 Å². The fourth-order valence-corrected chi connectivity index (χ4v) is 1.31. The molecule has 18 heavy (non-hydrogen) atoms. The first-order valence-corrected chi connectivity index (χ1v) is 5.93. The quantitative estimate of drug-likeness (QED) is 0.710. The second kappa shape index (κ2) is 7.32. The zero-order chi connectivity index (χ0) is 13.4. The molecule has 0 radical (unpaired) electrons. The average Bonchev–Trinajstić information content (AvgIpc) is 2.37. The van der Waals surface area contributed by atoms with Crippen molar-refractivity contribution in [1.29, 1.82) is 0 Å². The Morgan fingerprint density at radius 3 is 2.50 bits per heavy atom. The summed E-state index contributed by atoms with van der Waals surface area (Å²) in [4.78, 5) is 22.1. The SMILES string of the molecule is CCCCOc1ccc(C(=O)NCC(N)=O)cc1. The van der Waals surface area contributed by atoms with Gasteiger partial charge in [-0.2, -0.15) is 0 Å². The standard InChI is InChI=1S/C13H18N2O3/c1-2-3-8-18-11-6-4-10(5-7-11)13(17)15-9-12(14)16/h4-7H,2-3,8-9H2,1H3,(H2,14,16)(H,15,17). The number of ether oxygens (including phenoxy) is 1. The van der Waals surface area contributed by atoms with E-state index in [0.717, 1.165) is 18.6 Å². The Morgan fingerprint density at radius 2 is 1.94 bits per heavy atom. The molecule has 98 valence electrons. The third-order valence-electron chi connectivity index (χ3n) is 2.31. The molecular weight excluding hydrogens is 232 g/mol. The number of nitrogens with two attached hydrogens (primary N) is 1. The summed E-state index contributed by atoms with van der Waals surface area (Å²) in [5.74, 6) is -0.160. The molecule has 0 aliphatic rings. The molecule has 5 nitrogen and oxygen atoms in total. The van der Waals surface area contributed by atoms with Gasteiger partial charge < -0.3 is 15.8 Å². The predicted octanol–water partition coefficient (Wildman–Crippen LogP) is 1.08. The maximum absolute atomic E-state index is 11.6. The highest BCUT2D eigenvalue weighted by Gasteiger charge is 2.06. The Kier molecular flexibility index (Phi) is 5.70. The second-order valence-corrected chi connectivity index (χ2v) is 3.88. The minimum atomic E-state index is -0.567. The first-order valence-electron chi connectivity index (χ1n) is 5.93. The largest absolute Gasteiger partial charge is 0.494 e. The number of amides is 2. The summed E-state index contributed by atoms with van der Waals surface area (Å²) in [7, 11) is 0. The normalized spacial score (nSPS) is 9.83. The smallest absolute Gasteiger partial charge is 0.251 e. The van der Waals surface area contributed by atoms with Crippen molar-refractivity contribution in [2.24, 2.45) is 5.73 Å². The number of carbonyl (C=O) groups is 2. The minimum Gasteiger partial charge on any atom is -0.494 e. The van der Waals surface area contributed by atoms with Crippen LogP contribution in [0.5, 0.6) is 5.75 Å². The second-order valence-electron chi connectivity index (χ2n) is 3.88. The molecule has 1 aromatic rings. The van der Waals surface area contributed by atoms with Crippen LogP contribution in [0, 0.1) is 0 Å². The van der Waals surface area contributed by atoms with Crippen LogP contribution in [-0.2, 0) is 4.79 Å². The number of hydrogen-bond donors (Lipinski definition) is 2. The van der Waals surface area contributed by atoms with Gasteiger partial charge in [-0.15, -0.1) is 0 Å². The number of primary amides is 1. The molecule has 0 saturated carbocycles. The number of unbranched alkanes of at least 4 members (excludes halogenated alkanes) is 1. The fraction of sp³-hybridized carbons (Fsp3) is 0.385. The van der Waals surface area contributed by atoms with Crippen LogP contribution in [0.25, 0.3) is 0 Å². The van der Waals surface area contributed by atoms with E-state index in [1.165, 1.54) is 0 Å². The molecule has 1 rings (SSSR count). The summed E-state index contributed by atoms with van der Waals surface area (Å²) in [5, 5.41) is 2.42. The highest BCUT2D eigenvalue weighted by molar-refractivity contribution is 5.96. The lowest BCUT2D eigenvalue weighted by molar-refractivity contribution is -0.117. The van der Waals surface area contributed by atoms with Gasteiger partial charge in [-0.3, -0.25) is 9.59 Å². The van der Waals surface area contributed by atoms with Crippen LogP contribution < -0.4 is 15.8 Å². The summed E-state index contributed by atoms with van der Waals surface area (Å²) >= 11 is 0. The molecule has 0 saturated heterocycles. The van der Waals surface area contributed by atoms with Crippen molar-refractivity contribution in [1.82, 2.24) is 5.32 Å². The van der Waals surface area contributed by atoms with Gasteiger partial charge in [0.1, 0.15) is 5.75 Å². The third-order valence-corrected chi connectivity index (χ3v) is 2.31. The Morgan fingerprint density at radius 1 is 1.28 bits per heavy atom. The maximum Gasteiger partial charge on any atom is 0.251 e. The number of nitrogens with one attached hydrogen (secondary N) is 1. The molecule has 2 amide bonds. The molecule has 5 heteroatoms. The van der Waals surface area contributed by atoms with Gasteiger partial charge >= 0.3 is 0 Å². The maximum atomic E-state index is 11.6. The van der Waals surface area contributed by atoms with Crippen molar-refractivity contribution in [2.45, 2.75) is 19.8 Å². The topological polar surface area (TPSA) is 81.4 Å². The Labute approximate surface area is 106 Å². The summed E-state index contributed by atoms with van der Waals surface area (Å²) in [6, 6.07) is 6.76. The van der Waals surface area contributed by atoms with Crippen molar-refractivity contribution in [3.63, 3.8) is 0 Å². The van der Waals surface area contributed by atoms with Gasteiger partial charge in [0.25, 0.3) is 5.91 Å². The highest BCUT2D eigenvalue weighted by atomic mass is 16.5. The molecule has 0 aliphatic heterocycles. The Hall–Kier alpha value is -2.04. The van der Waals surface area contributed by atoms with Crippen molar-refractivity contribution in [3.8, 4) is 5.75 Å². The number of carbonyl (C=O) groups excluding carboxylic acids is 2. The van der Waals surface area contributed by atoms with Crippen LogP contribution >= 0.6 is 0 Å². The predicted molar refractivity (Wildman–Crippen MR) is 68.4 cm³/mol. The lowest BCUT2D eigenvalue weighted by Crippen LogP contribution is -2.33. The van der Waals surface area contributed by atoms with Gasteiger partial charge in [0.05, 0.1) is 13.2 Å². The van der Waals surface area contributed by atoms with Gasteiger partial charge in [-0.1, -0.05) is 13.3 Å². The Balaban J connectivity index is 2.48. The van der Waals surface area contributed by atoms with Crippen LogP contribution in [0.1, 0.15) is 30.1 Å². The van der Waals surface area contributed by atoms with E-state index < -0.39 is 5.91 Å².